The zero-order valence-electron chi connectivity index (χ0n) is 12.3. The standard InChI is InChI=1S/C15H22N2O3S/c1-20-15-8-7-14(9-11(15)10-16-12-5-6-12)21(18,19)17-13-3-2-4-13/h7-9,12-13,16-17H,2-6,10H2,1H3. The Morgan fingerprint density at radius 3 is 2.52 bits per heavy atom. The third-order valence-electron chi connectivity index (χ3n) is 4.15. The number of methoxy groups -OCH3 is 1. The van der Waals surface area contributed by atoms with E-state index in [1.165, 1.54) is 12.8 Å². The molecule has 2 fully saturated rings. The van der Waals surface area contributed by atoms with Gasteiger partial charge in [-0.15, -0.1) is 0 Å². The molecule has 0 aromatic heterocycles. The highest BCUT2D eigenvalue weighted by Crippen LogP contribution is 2.26. The van der Waals surface area contributed by atoms with E-state index in [4.69, 9.17) is 4.74 Å². The van der Waals surface area contributed by atoms with Crippen LogP contribution in [-0.2, 0) is 16.6 Å². The molecule has 0 spiro atoms. The van der Waals surface area contributed by atoms with E-state index in [0.29, 0.717) is 17.5 Å². The predicted molar refractivity (Wildman–Crippen MR) is 80.8 cm³/mol. The van der Waals surface area contributed by atoms with Crippen molar-refractivity contribution in [3.8, 4) is 5.75 Å². The van der Waals surface area contributed by atoms with Crippen LogP contribution in [-0.4, -0.2) is 27.6 Å². The number of ether oxygens (including phenoxy) is 1. The van der Waals surface area contributed by atoms with E-state index in [-0.39, 0.29) is 6.04 Å². The van der Waals surface area contributed by atoms with Gasteiger partial charge >= 0.3 is 0 Å². The minimum atomic E-state index is -3.42. The Bertz CT molecular complexity index is 607. The van der Waals surface area contributed by atoms with Crippen molar-refractivity contribution in [2.75, 3.05) is 7.11 Å². The van der Waals surface area contributed by atoms with E-state index in [0.717, 1.165) is 30.6 Å². The molecule has 2 saturated carbocycles. The molecule has 0 bridgehead atoms. The van der Waals surface area contributed by atoms with Crippen LogP contribution in [0.25, 0.3) is 0 Å². The SMILES string of the molecule is COc1ccc(S(=O)(=O)NC2CCC2)cc1CNC1CC1. The molecule has 1 aromatic carbocycles. The third kappa shape index (κ3) is 3.56. The van der Waals surface area contributed by atoms with Crippen LogP contribution in [0.3, 0.4) is 0 Å². The Balaban J connectivity index is 1.78. The van der Waals surface area contributed by atoms with Gasteiger partial charge in [0.25, 0.3) is 0 Å². The molecular weight excluding hydrogens is 288 g/mol. The molecule has 21 heavy (non-hydrogen) atoms. The van der Waals surface area contributed by atoms with E-state index in [9.17, 15) is 8.42 Å². The lowest BCUT2D eigenvalue weighted by Crippen LogP contribution is -2.39. The molecule has 116 valence electrons. The summed E-state index contributed by atoms with van der Waals surface area (Å²) in [6.45, 7) is 0.640. The summed E-state index contributed by atoms with van der Waals surface area (Å²) in [5, 5.41) is 3.39. The van der Waals surface area contributed by atoms with Crippen LogP contribution >= 0.6 is 0 Å². The number of sulfonamides is 1. The summed E-state index contributed by atoms with van der Waals surface area (Å²) < 4.78 is 32.8. The van der Waals surface area contributed by atoms with Crippen molar-refractivity contribution >= 4 is 10.0 Å². The van der Waals surface area contributed by atoms with Gasteiger partial charge in [-0.3, -0.25) is 0 Å². The zero-order chi connectivity index (χ0) is 14.9. The molecule has 0 radical (unpaired) electrons. The van der Waals surface area contributed by atoms with Gasteiger partial charge in [-0.2, -0.15) is 0 Å². The summed E-state index contributed by atoms with van der Waals surface area (Å²) in [6, 6.07) is 5.74. The Morgan fingerprint density at radius 2 is 1.95 bits per heavy atom. The van der Waals surface area contributed by atoms with Crippen molar-refractivity contribution < 1.29 is 13.2 Å². The van der Waals surface area contributed by atoms with Crippen LogP contribution in [0, 0.1) is 0 Å². The fourth-order valence-electron chi connectivity index (χ4n) is 2.42. The molecule has 0 unspecified atom stereocenters. The maximum atomic E-state index is 12.4. The first-order valence-electron chi connectivity index (χ1n) is 7.51. The van der Waals surface area contributed by atoms with Gasteiger partial charge in [0, 0.05) is 24.2 Å². The lowest BCUT2D eigenvalue weighted by atomic mass is 9.94. The number of nitrogens with one attached hydrogen (secondary N) is 2. The van der Waals surface area contributed by atoms with E-state index in [2.05, 4.69) is 10.0 Å². The summed E-state index contributed by atoms with van der Waals surface area (Å²) in [5.74, 6) is 0.728. The normalized spacial score (nSPS) is 19.3. The Hall–Kier alpha value is -1.11. The maximum absolute atomic E-state index is 12.4. The number of rotatable bonds is 7. The molecular formula is C15H22N2O3S. The van der Waals surface area contributed by atoms with Gasteiger partial charge in [-0.05, 0) is 43.9 Å². The smallest absolute Gasteiger partial charge is 0.240 e. The first kappa shape index (κ1) is 14.8. The molecule has 2 aliphatic carbocycles. The molecule has 2 aliphatic rings. The van der Waals surface area contributed by atoms with Gasteiger partial charge in [-0.25, -0.2) is 13.1 Å². The van der Waals surface area contributed by atoms with Gasteiger partial charge in [0.05, 0.1) is 12.0 Å². The molecule has 5 nitrogen and oxygen atoms in total. The van der Waals surface area contributed by atoms with E-state index < -0.39 is 10.0 Å². The lowest BCUT2D eigenvalue weighted by Gasteiger charge is -2.26. The third-order valence-corrected chi connectivity index (χ3v) is 5.67. The second-order valence-electron chi connectivity index (χ2n) is 5.88. The number of hydrogen-bond donors (Lipinski definition) is 2. The summed E-state index contributed by atoms with van der Waals surface area (Å²) in [6.07, 6.45) is 5.37. The first-order chi connectivity index (χ1) is 10.1. The van der Waals surface area contributed by atoms with E-state index in [1.54, 1.807) is 25.3 Å². The monoisotopic (exact) mass is 310 g/mol. The number of hydrogen-bond acceptors (Lipinski definition) is 4. The van der Waals surface area contributed by atoms with Crippen LogP contribution in [0.1, 0.15) is 37.7 Å². The fourth-order valence-corrected chi connectivity index (χ4v) is 3.77. The van der Waals surface area contributed by atoms with Crippen LogP contribution in [0.4, 0.5) is 0 Å². The van der Waals surface area contributed by atoms with Crippen molar-refractivity contribution in [2.45, 2.75) is 55.6 Å². The fraction of sp³-hybridized carbons (Fsp3) is 0.600. The van der Waals surface area contributed by atoms with Gasteiger partial charge in [-0.1, -0.05) is 6.42 Å². The average molecular weight is 310 g/mol. The highest BCUT2D eigenvalue weighted by Gasteiger charge is 2.26. The van der Waals surface area contributed by atoms with Gasteiger partial charge in [0.15, 0.2) is 0 Å². The second kappa shape index (κ2) is 5.94. The Kier molecular flexibility index (Phi) is 4.19. The second-order valence-corrected chi connectivity index (χ2v) is 7.59. The van der Waals surface area contributed by atoms with E-state index >= 15 is 0 Å². The van der Waals surface area contributed by atoms with Gasteiger partial charge < -0.3 is 10.1 Å². The Morgan fingerprint density at radius 1 is 1.19 bits per heavy atom. The summed E-state index contributed by atoms with van der Waals surface area (Å²) >= 11 is 0. The molecule has 0 saturated heterocycles. The van der Waals surface area contributed by atoms with Crippen molar-refractivity contribution in [2.24, 2.45) is 0 Å². The van der Waals surface area contributed by atoms with Gasteiger partial charge in [0.1, 0.15) is 5.75 Å². The molecule has 6 heteroatoms. The lowest BCUT2D eigenvalue weighted by molar-refractivity contribution is 0.383. The van der Waals surface area contributed by atoms with Crippen molar-refractivity contribution in [1.29, 1.82) is 0 Å². The van der Waals surface area contributed by atoms with Crippen LogP contribution in [0.15, 0.2) is 23.1 Å². The highest BCUT2D eigenvalue weighted by atomic mass is 32.2. The van der Waals surface area contributed by atoms with Crippen molar-refractivity contribution in [3.63, 3.8) is 0 Å². The largest absolute Gasteiger partial charge is 0.496 e. The predicted octanol–water partition coefficient (Wildman–Crippen LogP) is 1.78. The van der Waals surface area contributed by atoms with Crippen molar-refractivity contribution in [3.05, 3.63) is 23.8 Å². The highest BCUT2D eigenvalue weighted by molar-refractivity contribution is 7.89. The molecule has 3 rings (SSSR count). The van der Waals surface area contributed by atoms with Crippen LogP contribution in [0.2, 0.25) is 0 Å². The maximum Gasteiger partial charge on any atom is 0.240 e. The summed E-state index contributed by atoms with van der Waals surface area (Å²) in [5.41, 5.74) is 0.890. The molecule has 1 aromatic rings. The molecule has 0 aliphatic heterocycles. The van der Waals surface area contributed by atoms with Gasteiger partial charge in [0.2, 0.25) is 10.0 Å². The molecule has 2 N–H and O–H groups in total. The number of benzene rings is 1. The topological polar surface area (TPSA) is 67.4 Å². The van der Waals surface area contributed by atoms with Crippen LogP contribution in [0.5, 0.6) is 5.75 Å². The molecule has 0 heterocycles. The first-order valence-corrected chi connectivity index (χ1v) is 8.99. The molecule has 0 amide bonds. The molecule has 0 atom stereocenters. The quantitative estimate of drug-likeness (QED) is 0.805. The van der Waals surface area contributed by atoms with E-state index in [1.807, 2.05) is 0 Å². The average Bonchev–Trinajstić information content (AvgIpc) is 3.24. The summed E-state index contributed by atoms with van der Waals surface area (Å²) in [4.78, 5) is 0.322. The van der Waals surface area contributed by atoms with Crippen molar-refractivity contribution in [1.82, 2.24) is 10.0 Å². The van der Waals surface area contributed by atoms with Crippen LogP contribution < -0.4 is 14.8 Å². The Labute approximate surface area is 126 Å². The zero-order valence-corrected chi connectivity index (χ0v) is 13.1. The minimum Gasteiger partial charge on any atom is -0.496 e. The minimum absolute atomic E-state index is 0.102. The summed E-state index contributed by atoms with van der Waals surface area (Å²) in [7, 11) is -1.82.